The van der Waals surface area contributed by atoms with Gasteiger partial charge in [0.05, 0.1) is 5.69 Å². The Bertz CT molecular complexity index is 3460. The highest BCUT2D eigenvalue weighted by atomic mass is 32.1. The fourth-order valence-corrected chi connectivity index (χ4v) is 10.8. The van der Waals surface area contributed by atoms with Gasteiger partial charge in [-0.25, -0.2) is 0 Å². The summed E-state index contributed by atoms with van der Waals surface area (Å²) in [4.78, 5) is 2.47. The van der Waals surface area contributed by atoms with Crippen LogP contribution >= 0.6 is 11.3 Å². The van der Waals surface area contributed by atoms with Crippen LogP contribution in [-0.2, 0) is 5.41 Å². The minimum absolute atomic E-state index is 0.0967. The first kappa shape index (κ1) is 33.2. The van der Waals surface area contributed by atoms with Crippen LogP contribution < -0.4 is 4.90 Å². The number of nitrogens with zero attached hydrogens (tertiary/aromatic N) is 1. The van der Waals surface area contributed by atoms with Crippen molar-refractivity contribution in [2.75, 3.05) is 4.90 Å². The Labute approximate surface area is 340 Å². The van der Waals surface area contributed by atoms with Crippen LogP contribution in [-0.4, -0.2) is 0 Å². The molecule has 0 saturated heterocycles. The third kappa shape index (κ3) is 4.84. The summed E-state index contributed by atoms with van der Waals surface area (Å²) in [5.74, 6) is 0. The van der Waals surface area contributed by atoms with Crippen molar-refractivity contribution in [3.05, 3.63) is 199 Å². The lowest BCUT2D eigenvalue weighted by Gasteiger charge is -2.29. The first-order valence-corrected chi connectivity index (χ1v) is 20.8. The van der Waals surface area contributed by atoms with Crippen LogP contribution in [0.15, 0.2) is 192 Å². The van der Waals surface area contributed by atoms with E-state index in [-0.39, 0.29) is 5.41 Å². The van der Waals surface area contributed by atoms with Gasteiger partial charge in [-0.15, -0.1) is 11.3 Å². The van der Waals surface area contributed by atoms with E-state index in [1.54, 1.807) is 0 Å². The van der Waals surface area contributed by atoms with E-state index in [1.807, 2.05) is 11.3 Å². The summed E-state index contributed by atoms with van der Waals surface area (Å²) in [5.41, 5.74) is 15.2. The molecule has 0 atom stereocenters. The van der Waals surface area contributed by atoms with Gasteiger partial charge in [-0.1, -0.05) is 147 Å². The van der Waals surface area contributed by atoms with Crippen LogP contribution in [0.1, 0.15) is 25.0 Å². The van der Waals surface area contributed by atoms with Crippen LogP contribution in [0.5, 0.6) is 0 Å². The van der Waals surface area contributed by atoms with E-state index in [1.165, 1.54) is 58.9 Å². The van der Waals surface area contributed by atoms with Crippen molar-refractivity contribution < 1.29 is 4.42 Å². The minimum atomic E-state index is -0.0967. The minimum Gasteiger partial charge on any atom is -0.455 e. The molecule has 0 bridgehead atoms. The lowest BCUT2D eigenvalue weighted by Crippen LogP contribution is -2.14. The van der Waals surface area contributed by atoms with Gasteiger partial charge in [0.2, 0.25) is 0 Å². The normalized spacial score (nSPS) is 13.1. The molecule has 3 heteroatoms. The van der Waals surface area contributed by atoms with Gasteiger partial charge in [0.1, 0.15) is 11.2 Å². The molecule has 2 heterocycles. The van der Waals surface area contributed by atoms with Crippen molar-refractivity contribution in [3.63, 3.8) is 0 Å². The fraction of sp³-hybridized carbons (Fsp3) is 0.0545. The molecule has 2 aromatic heterocycles. The number of benzene rings is 9. The van der Waals surface area contributed by atoms with Gasteiger partial charge in [-0.05, 0) is 98.9 Å². The molecular weight excluding hydrogens is 723 g/mol. The molecule has 0 spiro atoms. The maximum atomic E-state index is 6.64. The summed E-state index contributed by atoms with van der Waals surface area (Å²) in [6.45, 7) is 4.72. The van der Waals surface area contributed by atoms with Gasteiger partial charge in [0, 0.05) is 58.7 Å². The van der Waals surface area contributed by atoms with Crippen molar-refractivity contribution in [2.45, 2.75) is 19.3 Å². The number of fused-ring (bicyclic) bond motifs is 11. The van der Waals surface area contributed by atoms with Crippen LogP contribution in [0.25, 0.3) is 86.3 Å². The van der Waals surface area contributed by atoms with Crippen molar-refractivity contribution in [3.8, 4) is 33.4 Å². The molecule has 0 unspecified atom stereocenters. The second-order valence-corrected chi connectivity index (χ2v) is 17.1. The monoisotopic (exact) mass is 759 g/mol. The maximum Gasteiger partial charge on any atom is 0.143 e. The zero-order chi connectivity index (χ0) is 38.5. The Hall–Kier alpha value is -6.94. The number of hydrogen-bond acceptors (Lipinski definition) is 3. The number of hydrogen-bond donors (Lipinski definition) is 0. The Morgan fingerprint density at radius 2 is 1.16 bits per heavy atom. The van der Waals surface area contributed by atoms with Crippen molar-refractivity contribution in [2.24, 2.45) is 0 Å². The Kier molecular flexibility index (Phi) is 7.18. The van der Waals surface area contributed by atoms with E-state index in [4.69, 9.17) is 4.42 Å². The summed E-state index contributed by atoms with van der Waals surface area (Å²) in [6.07, 6.45) is 0. The van der Waals surface area contributed by atoms with Crippen molar-refractivity contribution in [1.29, 1.82) is 0 Å². The SMILES string of the molecule is CC1(C)c2ccccc2-c2c(-c3ccccc3N(c3cccc(-c4cccc5oc6c7ccccc7ccc6c45)c3)c3ccc4sc5ccccc5c4c3)cccc21. The molecule has 2 nitrogen and oxygen atoms in total. The van der Waals surface area contributed by atoms with E-state index in [2.05, 4.69) is 207 Å². The second-order valence-electron chi connectivity index (χ2n) is 16.0. The Balaban J connectivity index is 1.10. The van der Waals surface area contributed by atoms with E-state index in [0.29, 0.717) is 0 Å². The van der Waals surface area contributed by atoms with Gasteiger partial charge in [-0.2, -0.15) is 0 Å². The van der Waals surface area contributed by atoms with Crippen LogP contribution in [0.3, 0.4) is 0 Å². The molecule has 0 saturated carbocycles. The molecule has 12 rings (SSSR count). The summed E-state index contributed by atoms with van der Waals surface area (Å²) in [7, 11) is 0. The molecule has 58 heavy (non-hydrogen) atoms. The zero-order valence-corrected chi connectivity index (χ0v) is 33.0. The summed E-state index contributed by atoms with van der Waals surface area (Å²) >= 11 is 1.86. The van der Waals surface area contributed by atoms with Gasteiger partial charge in [-0.3, -0.25) is 0 Å². The topological polar surface area (TPSA) is 16.4 Å². The quantitative estimate of drug-likeness (QED) is 0.174. The van der Waals surface area contributed by atoms with E-state index in [0.717, 1.165) is 55.5 Å². The van der Waals surface area contributed by atoms with Gasteiger partial charge in [0.25, 0.3) is 0 Å². The molecule has 0 fully saturated rings. The van der Waals surface area contributed by atoms with Crippen LogP contribution in [0.2, 0.25) is 0 Å². The number of anilines is 3. The van der Waals surface area contributed by atoms with Gasteiger partial charge in [0.15, 0.2) is 0 Å². The Morgan fingerprint density at radius 1 is 0.466 bits per heavy atom. The highest BCUT2D eigenvalue weighted by Crippen LogP contribution is 2.54. The van der Waals surface area contributed by atoms with E-state index < -0.39 is 0 Å². The first-order valence-electron chi connectivity index (χ1n) is 20.0. The number of thiophene rings is 1. The van der Waals surface area contributed by atoms with E-state index in [9.17, 15) is 0 Å². The van der Waals surface area contributed by atoms with Crippen LogP contribution in [0.4, 0.5) is 17.1 Å². The molecule has 1 aliphatic rings. The molecule has 11 aromatic rings. The van der Waals surface area contributed by atoms with E-state index >= 15 is 0 Å². The predicted octanol–water partition coefficient (Wildman–Crippen LogP) is 16.2. The lowest BCUT2D eigenvalue weighted by molar-refractivity contribution is 0.660. The van der Waals surface area contributed by atoms with Crippen molar-refractivity contribution in [1.82, 2.24) is 0 Å². The molecule has 9 aromatic carbocycles. The van der Waals surface area contributed by atoms with Gasteiger partial charge < -0.3 is 9.32 Å². The molecule has 0 radical (unpaired) electrons. The average Bonchev–Trinajstić information content (AvgIpc) is 3.92. The highest BCUT2D eigenvalue weighted by Gasteiger charge is 2.37. The average molecular weight is 760 g/mol. The smallest absolute Gasteiger partial charge is 0.143 e. The summed E-state index contributed by atoms with van der Waals surface area (Å²) in [6, 6.07) is 69.0. The molecule has 1 aliphatic carbocycles. The molecular formula is C55H37NOS. The van der Waals surface area contributed by atoms with Crippen molar-refractivity contribution >= 4 is 81.3 Å². The largest absolute Gasteiger partial charge is 0.455 e. The molecule has 0 aliphatic heterocycles. The molecule has 274 valence electrons. The zero-order valence-electron chi connectivity index (χ0n) is 32.2. The standard InChI is InChI=1S/C55H37NOS/c1-55(2)46-23-8-5-20-43(46)52-42(22-12-24-47(52)55)40-18-6-9-25-48(40)56(37-29-31-51-45(33-37)41-19-7-10-27-50(41)58-51)36-16-11-15-35(32-36)38-21-13-26-49-53(38)44-30-28-34-14-3-4-17-39(34)54(44)57-49/h3-33H,1-2H3. The summed E-state index contributed by atoms with van der Waals surface area (Å²) in [5, 5.41) is 7.14. The third-order valence-electron chi connectivity index (χ3n) is 12.5. The molecule has 0 amide bonds. The molecule has 0 N–H and O–H groups in total. The highest BCUT2D eigenvalue weighted by molar-refractivity contribution is 7.25. The predicted molar refractivity (Wildman–Crippen MR) is 247 cm³/mol. The van der Waals surface area contributed by atoms with Gasteiger partial charge >= 0.3 is 0 Å². The number of furan rings is 1. The fourth-order valence-electron chi connectivity index (χ4n) is 9.76. The summed E-state index contributed by atoms with van der Waals surface area (Å²) < 4.78 is 9.24. The number of para-hydroxylation sites is 1. The Morgan fingerprint density at radius 3 is 2.09 bits per heavy atom. The van der Waals surface area contributed by atoms with Crippen LogP contribution in [0, 0.1) is 0 Å². The number of rotatable bonds is 5. The first-order chi connectivity index (χ1) is 28.5. The second kappa shape index (κ2) is 12.5. The third-order valence-corrected chi connectivity index (χ3v) is 13.6. The maximum absolute atomic E-state index is 6.64. The lowest BCUT2D eigenvalue weighted by atomic mass is 9.82.